The molecular formula is C8H13ClN2. The molecule has 11 heavy (non-hydrogen) atoms. The second-order valence-corrected chi connectivity index (χ2v) is 3.31. The van der Waals surface area contributed by atoms with E-state index in [1.807, 2.05) is 0 Å². The molecule has 0 N–H and O–H groups in total. The van der Waals surface area contributed by atoms with Crippen LogP contribution in [0.25, 0.3) is 0 Å². The van der Waals surface area contributed by atoms with E-state index in [1.165, 1.54) is 0 Å². The maximum Gasteiger partial charge on any atom is 0.0656 e. The first-order chi connectivity index (χ1) is 5.36. The van der Waals surface area contributed by atoms with E-state index in [0.29, 0.717) is 11.8 Å². The summed E-state index contributed by atoms with van der Waals surface area (Å²) in [5, 5.41) is 8.61. The molecule has 0 aromatic rings. The molecule has 3 heteroatoms. The number of rotatable bonds is 2. The number of alkyl halides is 1. The molecule has 0 aromatic carbocycles. The average Bonchev–Trinajstić information content (AvgIpc) is 2.07. The van der Waals surface area contributed by atoms with Gasteiger partial charge in [-0.15, -0.1) is 11.6 Å². The van der Waals surface area contributed by atoms with E-state index >= 15 is 0 Å². The minimum Gasteiger partial charge on any atom is -0.302 e. The van der Waals surface area contributed by atoms with Gasteiger partial charge in [-0.05, 0) is 25.9 Å². The number of nitriles is 1. The van der Waals surface area contributed by atoms with Crippen molar-refractivity contribution in [2.45, 2.75) is 12.8 Å². The smallest absolute Gasteiger partial charge is 0.0656 e. The number of hydrogen-bond donors (Lipinski definition) is 0. The summed E-state index contributed by atoms with van der Waals surface area (Å²) in [6, 6.07) is 2.31. The first kappa shape index (κ1) is 8.83. The van der Waals surface area contributed by atoms with Crippen molar-refractivity contribution in [3.63, 3.8) is 0 Å². The van der Waals surface area contributed by atoms with Gasteiger partial charge in [0.2, 0.25) is 0 Å². The topological polar surface area (TPSA) is 27.0 Å². The number of piperidine rings is 1. The molecule has 1 rings (SSSR count). The molecule has 1 aliphatic heterocycles. The summed E-state index contributed by atoms with van der Waals surface area (Å²) in [6.07, 6.45) is 2.04. The highest BCUT2D eigenvalue weighted by molar-refractivity contribution is 6.18. The van der Waals surface area contributed by atoms with Gasteiger partial charge in [-0.1, -0.05) is 0 Å². The molecule has 1 heterocycles. The van der Waals surface area contributed by atoms with Gasteiger partial charge in [0, 0.05) is 18.3 Å². The summed E-state index contributed by atoms with van der Waals surface area (Å²) in [4.78, 5) is 2.32. The highest BCUT2D eigenvalue weighted by Gasteiger charge is 2.17. The van der Waals surface area contributed by atoms with E-state index in [2.05, 4.69) is 11.0 Å². The quantitative estimate of drug-likeness (QED) is 0.590. The van der Waals surface area contributed by atoms with Gasteiger partial charge in [-0.25, -0.2) is 0 Å². The molecule has 1 aliphatic rings. The third kappa shape index (κ3) is 2.69. The summed E-state index contributed by atoms with van der Waals surface area (Å²) in [5.74, 6) is 0.999. The fourth-order valence-electron chi connectivity index (χ4n) is 1.41. The van der Waals surface area contributed by atoms with Gasteiger partial charge in [0.25, 0.3) is 0 Å². The molecule has 0 unspecified atom stereocenters. The molecule has 0 amide bonds. The lowest BCUT2D eigenvalue weighted by Gasteiger charge is -2.27. The van der Waals surface area contributed by atoms with E-state index in [-0.39, 0.29) is 0 Å². The Hall–Kier alpha value is -0.260. The monoisotopic (exact) mass is 172 g/mol. The third-order valence-electron chi connectivity index (χ3n) is 2.17. The Balaban J connectivity index is 2.20. The molecule has 0 atom stereocenters. The lowest BCUT2D eigenvalue weighted by molar-refractivity contribution is 0.216. The highest BCUT2D eigenvalue weighted by atomic mass is 35.5. The lowest BCUT2D eigenvalue weighted by Crippen LogP contribution is -2.34. The summed E-state index contributed by atoms with van der Waals surface area (Å²) >= 11 is 5.60. The van der Waals surface area contributed by atoms with Crippen molar-refractivity contribution in [1.82, 2.24) is 4.90 Å². The molecule has 1 saturated heterocycles. The predicted octanol–water partition coefficient (Wildman–Crippen LogP) is 1.46. The summed E-state index contributed by atoms with van der Waals surface area (Å²) in [5.41, 5.74) is 0. The number of hydrogen-bond acceptors (Lipinski definition) is 2. The molecule has 0 saturated carbocycles. The zero-order chi connectivity index (χ0) is 8.10. The molecule has 0 spiro atoms. The van der Waals surface area contributed by atoms with Crippen LogP contribution in [0.15, 0.2) is 0 Å². The molecule has 0 radical (unpaired) electrons. The summed E-state index contributed by atoms with van der Waals surface area (Å²) < 4.78 is 0. The van der Waals surface area contributed by atoms with Crippen LogP contribution in [0.1, 0.15) is 12.8 Å². The van der Waals surface area contributed by atoms with Crippen molar-refractivity contribution in [3.8, 4) is 6.07 Å². The fourth-order valence-corrected chi connectivity index (χ4v) is 1.64. The van der Waals surface area contributed by atoms with Gasteiger partial charge in [-0.2, -0.15) is 5.26 Å². The highest BCUT2D eigenvalue weighted by Crippen LogP contribution is 2.15. The second kappa shape index (κ2) is 4.58. The molecule has 0 aliphatic carbocycles. The maximum absolute atomic E-state index is 8.61. The normalized spacial score (nSPS) is 21.5. The van der Waals surface area contributed by atoms with Crippen LogP contribution in [0.5, 0.6) is 0 Å². The van der Waals surface area contributed by atoms with E-state index < -0.39 is 0 Å². The first-order valence-corrected chi connectivity index (χ1v) is 4.58. The minimum absolute atomic E-state index is 0.293. The van der Waals surface area contributed by atoms with E-state index in [9.17, 15) is 0 Å². The van der Waals surface area contributed by atoms with Crippen LogP contribution in [0.3, 0.4) is 0 Å². The van der Waals surface area contributed by atoms with Gasteiger partial charge in [0.15, 0.2) is 0 Å². The molecule has 1 fully saturated rings. The van der Waals surface area contributed by atoms with Gasteiger partial charge in [0.1, 0.15) is 0 Å². The Labute approximate surface area is 72.7 Å². The Kier molecular flexibility index (Phi) is 3.68. The number of halogens is 1. The molecular weight excluding hydrogens is 160 g/mol. The van der Waals surface area contributed by atoms with Crippen LogP contribution in [-0.4, -0.2) is 30.4 Å². The minimum atomic E-state index is 0.293. The Morgan fingerprint density at radius 1 is 1.45 bits per heavy atom. The molecule has 2 nitrogen and oxygen atoms in total. The van der Waals surface area contributed by atoms with Gasteiger partial charge >= 0.3 is 0 Å². The Morgan fingerprint density at radius 2 is 2.09 bits per heavy atom. The van der Waals surface area contributed by atoms with E-state index in [0.717, 1.165) is 32.5 Å². The standard InChI is InChI=1S/C8H13ClN2/c9-3-6-11-4-1-8(7-10)2-5-11/h8H,1-6H2. The average molecular weight is 173 g/mol. The zero-order valence-electron chi connectivity index (χ0n) is 6.59. The third-order valence-corrected chi connectivity index (χ3v) is 2.34. The van der Waals surface area contributed by atoms with Gasteiger partial charge in [-0.3, -0.25) is 0 Å². The zero-order valence-corrected chi connectivity index (χ0v) is 7.35. The van der Waals surface area contributed by atoms with Crippen LogP contribution in [0.2, 0.25) is 0 Å². The van der Waals surface area contributed by atoms with Crippen molar-refractivity contribution in [1.29, 1.82) is 5.26 Å². The van der Waals surface area contributed by atoms with Crippen molar-refractivity contribution >= 4 is 11.6 Å². The van der Waals surface area contributed by atoms with Crippen molar-refractivity contribution in [3.05, 3.63) is 0 Å². The van der Waals surface area contributed by atoms with Gasteiger partial charge in [0.05, 0.1) is 6.07 Å². The largest absolute Gasteiger partial charge is 0.302 e. The van der Waals surface area contributed by atoms with Crippen LogP contribution < -0.4 is 0 Å². The van der Waals surface area contributed by atoms with Crippen molar-refractivity contribution in [2.24, 2.45) is 5.92 Å². The second-order valence-electron chi connectivity index (χ2n) is 2.93. The number of nitrogens with zero attached hydrogens (tertiary/aromatic N) is 2. The van der Waals surface area contributed by atoms with Crippen LogP contribution in [0, 0.1) is 17.2 Å². The summed E-state index contributed by atoms with van der Waals surface area (Å²) in [6.45, 7) is 3.07. The number of likely N-dealkylation sites (tertiary alicyclic amines) is 1. The van der Waals surface area contributed by atoms with Crippen molar-refractivity contribution in [2.75, 3.05) is 25.5 Å². The maximum atomic E-state index is 8.61. The Bertz CT molecular complexity index is 145. The van der Waals surface area contributed by atoms with Crippen LogP contribution in [0.4, 0.5) is 0 Å². The van der Waals surface area contributed by atoms with Gasteiger partial charge < -0.3 is 4.90 Å². The lowest BCUT2D eigenvalue weighted by atomic mass is 9.99. The van der Waals surface area contributed by atoms with Crippen molar-refractivity contribution < 1.29 is 0 Å². The van der Waals surface area contributed by atoms with Crippen LogP contribution in [-0.2, 0) is 0 Å². The Morgan fingerprint density at radius 3 is 2.55 bits per heavy atom. The van der Waals surface area contributed by atoms with E-state index in [1.54, 1.807) is 0 Å². The molecule has 0 aromatic heterocycles. The summed E-state index contributed by atoms with van der Waals surface area (Å²) in [7, 11) is 0. The SMILES string of the molecule is N#CC1CCN(CCCl)CC1. The van der Waals surface area contributed by atoms with E-state index in [4.69, 9.17) is 16.9 Å². The first-order valence-electron chi connectivity index (χ1n) is 4.04. The molecule has 62 valence electrons. The molecule has 0 bridgehead atoms. The fraction of sp³-hybridized carbons (Fsp3) is 0.875. The predicted molar refractivity (Wildman–Crippen MR) is 45.5 cm³/mol. The van der Waals surface area contributed by atoms with Crippen LogP contribution >= 0.6 is 11.6 Å².